The number of amides is 1. The average molecular weight is 266 g/mol. The summed E-state index contributed by atoms with van der Waals surface area (Å²) in [7, 11) is 1.63. The van der Waals surface area contributed by atoms with Crippen molar-refractivity contribution in [3.8, 4) is 5.75 Å². The lowest BCUT2D eigenvalue weighted by molar-refractivity contribution is -0.123. The summed E-state index contributed by atoms with van der Waals surface area (Å²) in [6.45, 7) is 0. The topological polar surface area (TPSA) is 78.3 Å². The maximum atomic E-state index is 11.5. The van der Waals surface area contributed by atoms with Crippen LogP contribution in [0.25, 0.3) is 0 Å². The molecule has 4 nitrogen and oxygen atoms in total. The molecule has 0 heterocycles. The van der Waals surface area contributed by atoms with Gasteiger partial charge in [-0.15, -0.1) is 11.8 Å². The molecule has 0 spiro atoms. The van der Waals surface area contributed by atoms with Gasteiger partial charge in [0, 0.05) is 10.6 Å². The fourth-order valence-electron chi connectivity index (χ4n) is 1.88. The molecule has 1 amide bonds. The van der Waals surface area contributed by atoms with Crippen LogP contribution in [0.1, 0.15) is 12.8 Å². The summed E-state index contributed by atoms with van der Waals surface area (Å²) in [5.41, 5.74) is 10.7. The summed E-state index contributed by atoms with van der Waals surface area (Å²) in [5.74, 6) is 1.15. The Morgan fingerprint density at radius 2 is 2.28 bits per heavy atom. The molecule has 0 radical (unpaired) electrons. The Hall–Kier alpha value is -1.20. The predicted molar refractivity (Wildman–Crippen MR) is 72.6 cm³/mol. The van der Waals surface area contributed by atoms with Crippen LogP contribution in [-0.2, 0) is 4.79 Å². The minimum atomic E-state index is -0.881. The van der Waals surface area contributed by atoms with Gasteiger partial charge in [-0.1, -0.05) is 6.07 Å². The molecule has 1 aromatic carbocycles. The highest BCUT2D eigenvalue weighted by Gasteiger charge is 2.46. The molecule has 4 N–H and O–H groups in total. The van der Waals surface area contributed by atoms with E-state index in [1.807, 2.05) is 24.3 Å². The summed E-state index contributed by atoms with van der Waals surface area (Å²) < 4.78 is 5.16. The molecule has 0 aliphatic heterocycles. The number of rotatable bonds is 6. The first-order chi connectivity index (χ1) is 8.56. The number of primary amides is 1. The molecule has 0 saturated heterocycles. The maximum Gasteiger partial charge on any atom is 0.238 e. The molecule has 0 aromatic heterocycles. The van der Waals surface area contributed by atoms with E-state index in [-0.39, 0.29) is 5.92 Å². The van der Waals surface area contributed by atoms with Crippen molar-refractivity contribution in [2.45, 2.75) is 23.3 Å². The van der Waals surface area contributed by atoms with Gasteiger partial charge in [0.15, 0.2) is 0 Å². The van der Waals surface area contributed by atoms with E-state index in [0.29, 0.717) is 5.75 Å². The Morgan fingerprint density at radius 3 is 2.83 bits per heavy atom. The molecule has 1 aliphatic carbocycles. The highest BCUT2D eigenvalue weighted by atomic mass is 32.2. The molecule has 1 aliphatic rings. The van der Waals surface area contributed by atoms with Gasteiger partial charge >= 0.3 is 0 Å². The summed E-state index contributed by atoms with van der Waals surface area (Å²) in [5, 5.41) is 0. The van der Waals surface area contributed by atoms with Gasteiger partial charge in [-0.05, 0) is 37.0 Å². The van der Waals surface area contributed by atoms with Crippen LogP contribution >= 0.6 is 11.8 Å². The molecule has 1 unspecified atom stereocenters. The van der Waals surface area contributed by atoms with Crippen LogP contribution in [0.3, 0.4) is 0 Å². The van der Waals surface area contributed by atoms with Gasteiger partial charge in [0.25, 0.3) is 0 Å². The Balaban J connectivity index is 2.03. The standard InChI is InChI=1S/C13H18N2O2S/c1-17-10-3-2-4-11(7-10)18-8-13(15,12(14)16)9-5-6-9/h2-4,7,9H,5-6,8,15H2,1H3,(H2,14,16). The zero-order chi connectivity index (χ0) is 13.2. The Kier molecular flexibility index (Phi) is 3.82. The first kappa shape index (κ1) is 13.2. The third-order valence-electron chi connectivity index (χ3n) is 3.28. The van der Waals surface area contributed by atoms with Crippen LogP contribution in [0.15, 0.2) is 29.2 Å². The minimum absolute atomic E-state index is 0.244. The van der Waals surface area contributed by atoms with Gasteiger partial charge in [-0.25, -0.2) is 0 Å². The Labute approximate surface area is 111 Å². The molecule has 0 bridgehead atoms. The van der Waals surface area contributed by atoms with E-state index in [9.17, 15) is 4.79 Å². The SMILES string of the molecule is COc1cccc(SCC(N)(C(N)=O)C2CC2)c1. The van der Waals surface area contributed by atoms with E-state index in [1.165, 1.54) is 0 Å². The van der Waals surface area contributed by atoms with Gasteiger partial charge in [-0.3, -0.25) is 4.79 Å². The number of nitrogens with two attached hydrogens (primary N) is 2. The van der Waals surface area contributed by atoms with Crippen LogP contribution in [0.4, 0.5) is 0 Å². The summed E-state index contributed by atoms with van der Waals surface area (Å²) in [6, 6.07) is 7.70. The average Bonchev–Trinajstić information content (AvgIpc) is 3.20. The van der Waals surface area contributed by atoms with Crippen molar-refractivity contribution in [3.05, 3.63) is 24.3 Å². The second-order valence-corrected chi connectivity index (χ2v) is 5.70. The highest BCUT2D eigenvalue weighted by molar-refractivity contribution is 7.99. The molecule has 1 atom stereocenters. The molecular formula is C13H18N2O2S. The van der Waals surface area contributed by atoms with Gasteiger partial charge in [0.05, 0.1) is 7.11 Å². The maximum absolute atomic E-state index is 11.5. The molecule has 2 rings (SSSR count). The minimum Gasteiger partial charge on any atom is -0.497 e. The van der Waals surface area contributed by atoms with E-state index in [1.54, 1.807) is 18.9 Å². The smallest absolute Gasteiger partial charge is 0.238 e. The van der Waals surface area contributed by atoms with Crippen molar-refractivity contribution in [2.75, 3.05) is 12.9 Å². The summed E-state index contributed by atoms with van der Waals surface area (Å²) in [6.07, 6.45) is 2.00. The third-order valence-corrected chi connectivity index (χ3v) is 4.49. The molecule has 1 saturated carbocycles. The van der Waals surface area contributed by atoms with Crippen LogP contribution in [-0.4, -0.2) is 24.3 Å². The number of ether oxygens (including phenoxy) is 1. The summed E-state index contributed by atoms with van der Waals surface area (Å²) in [4.78, 5) is 12.5. The highest BCUT2D eigenvalue weighted by Crippen LogP contribution is 2.41. The van der Waals surface area contributed by atoms with E-state index >= 15 is 0 Å². The van der Waals surface area contributed by atoms with Crippen molar-refractivity contribution in [1.29, 1.82) is 0 Å². The molecule has 1 fully saturated rings. The van der Waals surface area contributed by atoms with Crippen molar-refractivity contribution >= 4 is 17.7 Å². The van der Waals surface area contributed by atoms with E-state index in [2.05, 4.69) is 0 Å². The van der Waals surface area contributed by atoms with Crippen molar-refractivity contribution in [3.63, 3.8) is 0 Å². The second kappa shape index (κ2) is 5.20. The van der Waals surface area contributed by atoms with E-state index < -0.39 is 11.4 Å². The normalized spacial score (nSPS) is 18.1. The lowest BCUT2D eigenvalue weighted by atomic mass is 9.96. The lowest BCUT2D eigenvalue weighted by Gasteiger charge is -2.25. The van der Waals surface area contributed by atoms with Crippen molar-refractivity contribution in [1.82, 2.24) is 0 Å². The Bertz CT molecular complexity index is 448. The fourth-order valence-corrected chi connectivity index (χ4v) is 3.04. The zero-order valence-electron chi connectivity index (χ0n) is 10.4. The predicted octanol–water partition coefficient (Wildman–Crippen LogP) is 1.38. The van der Waals surface area contributed by atoms with E-state index in [4.69, 9.17) is 16.2 Å². The molecule has 1 aromatic rings. The number of carbonyl (C=O) groups is 1. The number of carbonyl (C=O) groups excluding carboxylic acids is 1. The number of methoxy groups -OCH3 is 1. The molecule has 5 heteroatoms. The first-order valence-electron chi connectivity index (χ1n) is 5.92. The number of benzene rings is 1. The number of hydrogen-bond acceptors (Lipinski definition) is 4. The van der Waals surface area contributed by atoms with Gasteiger partial charge < -0.3 is 16.2 Å². The Morgan fingerprint density at radius 1 is 1.56 bits per heavy atom. The van der Waals surface area contributed by atoms with Gasteiger partial charge in [0.1, 0.15) is 11.3 Å². The van der Waals surface area contributed by atoms with Crippen LogP contribution in [0.5, 0.6) is 5.75 Å². The summed E-state index contributed by atoms with van der Waals surface area (Å²) >= 11 is 1.55. The number of hydrogen-bond donors (Lipinski definition) is 2. The van der Waals surface area contributed by atoms with E-state index in [0.717, 1.165) is 23.5 Å². The zero-order valence-corrected chi connectivity index (χ0v) is 11.2. The molecule has 18 heavy (non-hydrogen) atoms. The molecule has 98 valence electrons. The van der Waals surface area contributed by atoms with Crippen LogP contribution in [0.2, 0.25) is 0 Å². The monoisotopic (exact) mass is 266 g/mol. The number of thioether (sulfide) groups is 1. The van der Waals surface area contributed by atoms with Crippen LogP contribution < -0.4 is 16.2 Å². The quantitative estimate of drug-likeness (QED) is 0.762. The van der Waals surface area contributed by atoms with Crippen molar-refractivity contribution in [2.24, 2.45) is 17.4 Å². The fraction of sp³-hybridized carbons (Fsp3) is 0.462. The largest absolute Gasteiger partial charge is 0.497 e. The van der Waals surface area contributed by atoms with Crippen LogP contribution in [0, 0.1) is 5.92 Å². The van der Waals surface area contributed by atoms with Gasteiger partial charge in [0.2, 0.25) is 5.91 Å². The third kappa shape index (κ3) is 2.79. The lowest BCUT2D eigenvalue weighted by Crippen LogP contribution is -2.56. The molecular weight excluding hydrogens is 248 g/mol. The van der Waals surface area contributed by atoms with Crippen molar-refractivity contribution < 1.29 is 9.53 Å². The second-order valence-electron chi connectivity index (χ2n) is 4.65. The van der Waals surface area contributed by atoms with Gasteiger partial charge in [-0.2, -0.15) is 0 Å². The first-order valence-corrected chi connectivity index (χ1v) is 6.90.